The van der Waals surface area contributed by atoms with E-state index in [9.17, 15) is 13.2 Å². The smallest absolute Gasteiger partial charge is 0.368 e. The Kier molecular flexibility index (Phi) is 5.99. The van der Waals surface area contributed by atoms with Crippen LogP contribution in [0.2, 0.25) is 5.02 Å². The summed E-state index contributed by atoms with van der Waals surface area (Å²) in [4.78, 5) is 22.5. The Morgan fingerprint density at radius 2 is 1.79 bits per heavy atom. The molecule has 0 spiro atoms. The molecule has 3 heterocycles. The Hall–Kier alpha value is -2.40. The van der Waals surface area contributed by atoms with Crippen LogP contribution in [0, 0.1) is 0 Å². The van der Waals surface area contributed by atoms with Gasteiger partial charge in [-0.3, -0.25) is 4.90 Å². The average molecular weight is 431 g/mol. The lowest BCUT2D eigenvalue weighted by molar-refractivity contribution is -0.137. The van der Waals surface area contributed by atoms with Crippen LogP contribution in [0.15, 0.2) is 12.3 Å². The summed E-state index contributed by atoms with van der Waals surface area (Å²) in [6.07, 6.45) is -3.66. The Labute approximate surface area is 171 Å². The van der Waals surface area contributed by atoms with E-state index in [1.807, 2.05) is 25.9 Å². The summed E-state index contributed by atoms with van der Waals surface area (Å²) in [6, 6.07) is 0.812. The normalized spacial score (nSPS) is 16.7. The lowest BCUT2D eigenvalue weighted by Crippen LogP contribution is -2.47. The van der Waals surface area contributed by atoms with Gasteiger partial charge >= 0.3 is 6.18 Å². The zero-order valence-electron chi connectivity index (χ0n) is 16.3. The number of aromatic nitrogens is 4. The highest BCUT2D eigenvalue weighted by Gasteiger charge is 2.32. The summed E-state index contributed by atoms with van der Waals surface area (Å²) in [5.41, 5.74) is 4.94. The Balaban J connectivity index is 1.69. The molecule has 158 valence electrons. The SMILES string of the molecule is CC(c1nc(N)nc(N(C)C)n1)N1CCN(c2ncc(C(F)(F)F)cc2Cl)CC1. The number of hydrogen-bond donors (Lipinski definition) is 1. The van der Waals surface area contributed by atoms with Gasteiger partial charge in [0.25, 0.3) is 0 Å². The number of nitrogen functional groups attached to an aromatic ring is 1. The molecule has 12 heteroatoms. The summed E-state index contributed by atoms with van der Waals surface area (Å²) in [7, 11) is 3.64. The average Bonchev–Trinajstić information content (AvgIpc) is 2.66. The summed E-state index contributed by atoms with van der Waals surface area (Å²) >= 11 is 6.06. The fourth-order valence-electron chi connectivity index (χ4n) is 3.09. The van der Waals surface area contributed by atoms with Gasteiger partial charge in [0.15, 0.2) is 5.82 Å². The first-order valence-corrected chi connectivity index (χ1v) is 9.34. The molecule has 1 aliphatic heterocycles. The molecule has 29 heavy (non-hydrogen) atoms. The van der Waals surface area contributed by atoms with Gasteiger partial charge in [0, 0.05) is 46.5 Å². The fourth-order valence-corrected chi connectivity index (χ4v) is 3.37. The maximum Gasteiger partial charge on any atom is 0.417 e. The molecular weight excluding hydrogens is 409 g/mol. The highest BCUT2D eigenvalue weighted by molar-refractivity contribution is 6.33. The minimum absolute atomic E-state index is 0.0119. The summed E-state index contributed by atoms with van der Waals surface area (Å²) < 4.78 is 38.4. The molecule has 2 N–H and O–H groups in total. The topological polar surface area (TPSA) is 87.3 Å². The number of nitrogens with zero attached hydrogens (tertiary/aromatic N) is 7. The van der Waals surface area contributed by atoms with E-state index in [-0.39, 0.29) is 17.0 Å². The van der Waals surface area contributed by atoms with E-state index < -0.39 is 11.7 Å². The molecule has 2 aromatic rings. The molecule has 0 aromatic carbocycles. The maximum absolute atomic E-state index is 12.8. The van der Waals surface area contributed by atoms with E-state index in [1.54, 1.807) is 4.90 Å². The molecule has 1 saturated heterocycles. The molecule has 0 saturated carbocycles. The van der Waals surface area contributed by atoms with E-state index >= 15 is 0 Å². The van der Waals surface area contributed by atoms with Gasteiger partial charge in [0.2, 0.25) is 11.9 Å². The Morgan fingerprint density at radius 3 is 2.34 bits per heavy atom. The third kappa shape index (κ3) is 4.78. The van der Waals surface area contributed by atoms with Crippen molar-refractivity contribution >= 4 is 29.3 Å². The van der Waals surface area contributed by atoms with Gasteiger partial charge in [0.05, 0.1) is 16.6 Å². The van der Waals surface area contributed by atoms with Gasteiger partial charge in [-0.05, 0) is 13.0 Å². The molecule has 1 unspecified atom stereocenters. The molecule has 0 radical (unpaired) electrons. The number of pyridine rings is 1. The molecule has 0 amide bonds. The van der Waals surface area contributed by atoms with E-state index in [2.05, 4.69) is 24.8 Å². The number of nitrogens with two attached hydrogens (primary N) is 1. The van der Waals surface area contributed by atoms with Crippen molar-refractivity contribution < 1.29 is 13.2 Å². The van der Waals surface area contributed by atoms with Crippen molar-refractivity contribution in [1.29, 1.82) is 0 Å². The molecule has 1 fully saturated rings. The van der Waals surface area contributed by atoms with Crippen LogP contribution >= 0.6 is 11.6 Å². The quantitative estimate of drug-likeness (QED) is 0.791. The van der Waals surface area contributed by atoms with Crippen LogP contribution in [-0.4, -0.2) is 65.1 Å². The van der Waals surface area contributed by atoms with Crippen LogP contribution in [0.4, 0.5) is 30.9 Å². The summed E-state index contributed by atoms with van der Waals surface area (Å²) in [5.74, 6) is 1.57. The molecule has 3 rings (SSSR count). The van der Waals surface area contributed by atoms with Crippen LogP contribution in [0.3, 0.4) is 0 Å². The van der Waals surface area contributed by atoms with Gasteiger partial charge in [-0.2, -0.15) is 28.1 Å². The van der Waals surface area contributed by atoms with Crippen molar-refractivity contribution in [3.8, 4) is 0 Å². The zero-order valence-corrected chi connectivity index (χ0v) is 17.0. The zero-order chi connectivity index (χ0) is 21.3. The van der Waals surface area contributed by atoms with Gasteiger partial charge in [-0.1, -0.05) is 11.6 Å². The minimum atomic E-state index is -4.47. The van der Waals surface area contributed by atoms with Crippen molar-refractivity contribution in [3.63, 3.8) is 0 Å². The molecular formula is C17H22ClF3N8. The van der Waals surface area contributed by atoms with Crippen molar-refractivity contribution in [2.45, 2.75) is 19.1 Å². The lowest BCUT2D eigenvalue weighted by atomic mass is 10.2. The second kappa shape index (κ2) is 8.15. The van der Waals surface area contributed by atoms with E-state index in [1.165, 1.54) is 0 Å². The van der Waals surface area contributed by atoms with Gasteiger partial charge in [0.1, 0.15) is 5.82 Å². The predicted molar refractivity (Wildman–Crippen MR) is 105 cm³/mol. The standard InChI is InChI=1S/C17H22ClF3N8/c1-10(13-24-15(22)26-16(25-13)27(2)3)28-4-6-29(7-5-28)14-12(18)8-11(9-23-14)17(19,20)21/h8-10H,4-7H2,1-3H3,(H2,22,24,25,26). The number of halogens is 4. The highest BCUT2D eigenvalue weighted by atomic mass is 35.5. The summed E-state index contributed by atoms with van der Waals surface area (Å²) in [6.45, 7) is 4.38. The van der Waals surface area contributed by atoms with Crippen LogP contribution in [0.5, 0.6) is 0 Å². The van der Waals surface area contributed by atoms with Crippen molar-refractivity contribution in [2.75, 3.05) is 55.8 Å². The number of rotatable bonds is 4. The predicted octanol–water partition coefficient (Wildman–Crippen LogP) is 2.47. The first-order valence-electron chi connectivity index (χ1n) is 8.96. The molecule has 8 nitrogen and oxygen atoms in total. The van der Waals surface area contributed by atoms with E-state index in [0.29, 0.717) is 43.8 Å². The lowest BCUT2D eigenvalue weighted by Gasteiger charge is -2.38. The first-order chi connectivity index (χ1) is 13.6. The monoisotopic (exact) mass is 430 g/mol. The molecule has 1 aliphatic rings. The summed E-state index contributed by atoms with van der Waals surface area (Å²) in [5, 5.41) is -0.0119. The minimum Gasteiger partial charge on any atom is -0.368 e. The number of alkyl halides is 3. The molecule has 1 atom stereocenters. The highest BCUT2D eigenvalue weighted by Crippen LogP contribution is 2.34. The van der Waals surface area contributed by atoms with Crippen molar-refractivity contribution in [1.82, 2.24) is 24.8 Å². The molecule has 0 bridgehead atoms. The third-order valence-electron chi connectivity index (χ3n) is 4.74. The second-order valence-electron chi connectivity index (χ2n) is 6.97. The number of piperazine rings is 1. The Bertz CT molecular complexity index is 868. The van der Waals surface area contributed by atoms with Crippen LogP contribution in [-0.2, 0) is 6.18 Å². The third-order valence-corrected chi connectivity index (χ3v) is 5.02. The van der Waals surface area contributed by atoms with Gasteiger partial charge < -0.3 is 15.5 Å². The van der Waals surface area contributed by atoms with E-state index in [0.717, 1.165) is 12.3 Å². The number of anilines is 3. The van der Waals surface area contributed by atoms with Crippen LogP contribution in [0.1, 0.15) is 24.4 Å². The Morgan fingerprint density at radius 1 is 1.14 bits per heavy atom. The van der Waals surface area contributed by atoms with Gasteiger partial charge in [-0.25, -0.2) is 4.98 Å². The van der Waals surface area contributed by atoms with E-state index in [4.69, 9.17) is 17.3 Å². The second-order valence-corrected chi connectivity index (χ2v) is 7.38. The van der Waals surface area contributed by atoms with Crippen LogP contribution in [0.25, 0.3) is 0 Å². The van der Waals surface area contributed by atoms with Gasteiger partial charge in [-0.15, -0.1) is 0 Å². The van der Waals surface area contributed by atoms with Crippen molar-refractivity contribution in [2.24, 2.45) is 0 Å². The van der Waals surface area contributed by atoms with Crippen LogP contribution < -0.4 is 15.5 Å². The van der Waals surface area contributed by atoms with Crippen molar-refractivity contribution in [3.05, 3.63) is 28.7 Å². The first kappa shape index (κ1) is 21.3. The molecule has 0 aliphatic carbocycles. The number of hydrogen-bond acceptors (Lipinski definition) is 8. The maximum atomic E-state index is 12.8. The largest absolute Gasteiger partial charge is 0.417 e. The fraction of sp³-hybridized carbons (Fsp3) is 0.529. The molecule has 2 aromatic heterocycles.